The van der Waals surface area contributed by atoms with E-state index in [1.807, 2.05) is 36.5 Å². The second-order valence-corrected chi connectivity index (χ2v) is 12.1. The van der Waals surface area contributed by atoms with Crippen LogP contribution in [0.25, 0.3) is 10.9 Å². The van der Waals surface area contributed by atoms with E-state index in [9.17, 15) is 15.3 Å². The third-order valence-corrected chi connectivity index (χ3v) is 7.88. The summed E-state index contributed by atoms with van der Waals surface area (Å²) in [5.41, 5.74) is 15.2. The number of amides is 1. The van der Waals surface area contributed by atoms with Crippen LogP contribution in [0.15, 0.2) is 54.5 Å². The molecule has 1 aliphatic carbocycles. The van der Waals surface area contributed by atoms with Crippen molar-refractivity contribution in [3.8, 4) is 12.1 Å². The van der Waals surface area contributed by atoms with Gasteiger partial charge in [0.05, 0.1) is 34.1 Å². The molecule has 210 valence electrons. The van der Waals surface area contributed by atoms with Crippen molar-refractivity contribution in [3.63, 3.8) is 0 Å². The van der Waals surface area contributed by atoms with Crippen molar-refractivity contribution in [1.29, 1.82) is 10.5 Å². The number of carbonyl (C=O) groups excluding carboxylic acids is 1. The van der Waals surface area contributed by atoms with E-state index in [0.29, 0.717) is 63.5 Å². The van der Waals surface area contributed by atoms with Gasteiger partial charge in [-0.25, -0.2) is 0 Å². The lowest BCUT2D eigenvalue weighted by Gasteiger charge is -2.44. The Balaban J connectivity index is 1.60. The number of fused-ring (bicyclic) bond motifs is 1. The quantitative estimate of drug-likeness (QED) is 0.257. The predicted octanol–water partition coefficient (Wildman–Crippen LogP) is 4.82. The number of halogens is 1. The maximum atomic E-state index is 12.4. The number of anilines is 2. The molecule has 0 saturated heterocycles. The van der Waals surface area contributed by atoms with Crippen LogP contribution < -0.4 is 27.3 Å². The third kappa shape index (κ3) is 5.32. The minimum atomic E-state index is -0.802. The van der Waals surface area contributed by atoms with Crippen molar-refractivity contribution in [2.45, 2.75) is 51.6 Å². The predicted molar refractivity (Wildman–Crippen MR) is 159 cm³/mol. The van der Waals surface area contributed by atoms with Gasteiger partial charge < -0.3 is 21.8 Å². The maximum absolute atomic E-state index is 12.4. The number of carbonyl (C=O) groups is 1. The molecule has 1 fully saturated rings. The smallest absolute Gasteiger partial charge is 0.244 e. The van der Waals surface area contributed by atoms with Crippen molar-refractivity contribution in [2.24, 2.45) is 11.1 Å². The van der Waals surface area contributed by atoms with Crippen LogP contribution in [-0.4, -0.2) is 28.0 Å². The van der Waals surface area contributed by atoms with E-state index in [4.69, 9.17) is 17.3 Å². The number of nitrogens with two attached hydrogens (primary N) is 1. The average Bonchev–Trinajstić information content (AvgIpc) is 3.38. The molecule has 1 amide bonds. The average molecular weight is 570 g/mol. The van der Waals surface area contributed by atoms with E-state index in [0.717, 1.165) is 12.0 Å². The summed E-state index contributed by atoms with van der Waals surface area (Å²) in [7, 11) is 0. The van der Waals surface area contributed by atoms with Gasteiger partial charge in [-0.1, -0.05) is 50.6 Å². The molecule has 2 aliphatic rings. The van der Waals surface area contributed by atoms with Crippen molar-refractivity contribution >= 4 is 39.8 Å². The minimum Gasteiger partial charge on any atom is -0.383 e. The SMILES string of the molecule is CC(C)(C)CNc1c(C#N)cnc2c(C#N)cc(N[C@H](C3=CN(C4(C(N)=O)CCC4)NN3)c3ccccc3Cl)cc12. The minimum absolute atomic E-state index is 0.0480. The summed E-state index contributed by atoms with van der Waals surface area (Å²) in [6, 6.07) is 15.1. The summed E-state index contributed by atoms with van der Waals surface area (Å²) < 4.78 is 0. The molecule has 2 heterocycles. The topological polar surface area (TPSA) is 155 Å². The van der Waals surface area contributed by atoms with Gasteiger partial charge in [0.2, 0.25) is 5.91 Å². The lowest BCUT2D eigenvalue weighted by atomic mass is 9.75. The first kappa shape index (κ1) is 28.0. The fraction of sp³-hybridized carbons (Fsp3) is 0.333. The van der Waals surface area contributed by atoms with Gasteiger partial charge in [-0.05, 0) is 48.4 Å². The van der Waals surface area contributed by atoms with Gasteiger partial charge in [-0.15, -0.1) is 5.53 Å². The highest BCUT2D eigenvalue weighted by Gasteiger charge is 2.49. The van der Waals surface area contributed by atoms with E-state index in [1.54, 1.807) is 11.1 Å². The lowest BCUT2D eigenvalue weighted by Crippen LogP contribution is -2.63. The number of pyridine rings is 1. The highest BCUT2D eigenvalue weighted by atomic mass is 35.5. The number of nitriles is 2. The van der Waals surface area contributed by atoms with Crippen LogP contribution in [0.5, 0.6) is 0 Å². The second-order valence-electron chi connectivity index (χ2n) is 11.6. The van der Waals surface area contributed by atoms with Crippen LogP contribution in [0, 0.1) is 28.1 Å². The Morgan fingerprint density at radius 2 is 1.95 bits per heavy atom. The third-order valence-electron chi connectivity index (χ3n) is 7.54. The van der Waals surface area contributed by atoms with Gasteiger partial charge in [0.25, 0.3) is 0 Å². The summed E-state index contributed by atoms with van der Waals surface area (Å²) in [6.07, 6.45) is 5.55. The number of hydrogen-bond donors (Lipinski definition) is 5. The molecule has 41 heavy (non-hydrogen) atoms. The molecule has 11 heteroatoms. The summed E-state index contributed by atoms with van der Waals surface area (Å²) >= 11 is 6.67. The van der Waals surface area contributed by atoms with Crippen LogP contribution >= 0.6 is 11.6 Å². The van der Waals surface area contributed by atoms with E-state index in [-0.39, 0.29) is 11.3 Å². The molecule has 0 unspecified atom stereocenters. The van der Waals surface area contributed by atoms with E-state index in [1.165, 1.54) is 6.20 Å². The number of benzene rings is 2. The largest absolute Gasteiger partial charge is 0.383 e. The van der Waals surface area contributed by atoms with Crippen molar-refractivity contribution in [3.05, 3.63) is 76.2 Å². The Kier molecular flexibility index (Phi) is 7.39. The van der Waals surface area contributed by atoms with E-state index in [2.05, 4.69) is 59.5 Å². The zero-order valence-electron chi connectivity index (χ0n) is 23.2. The molecule has 0 bridgehead atoms. The van der Waals surface area contributed by atoms with Gasteiger partial charge in [0, 0.05) is 35.0 Å². The second kappa shape index (κ2) is 10.8. The Bertz CT molecular complexity index is 1630. The number of rotatable bonds is 8. The number of hydrazine groups is 2. The summed E-state index contributed by atoms with van der Waals surface area (Å²) in [5.74, 6) is -0.387. The molecule has 6 N–H and O–H groups in total. The summed E-state index contributed by atoms with van der Waals surface area (Å²) in [4.78, 5) is 16.8. The normalized spacial score (nSPS) is 16.5. The molecule has 1 saturated carbocycles. The van der Waals surface area contributed by atoms with Gasteiger partial charge >= 0.3 is 0 Å². The summed E-state index contributed by atoms with van der Waals surface area (Å²) in [5, 5.41) is 29.8. The molecular formula is C30H32ClN9O. The molecule has 0 radical (unpaired) electrons. The fourth-order valence-electron chi connectivity index (χ4n) is 5.12. The van der Waals surface area contributed by atoms with Crippen LogP contribution in [0.4, 0.5) is 11.4 Å². The molecule has 1 aliphatic heterocycles. The van der Waals surface area contributed by atoms with E-state index < -0.39 is 11.6 Å². The van der Waals surface area contributed by atoms with Gasteiger partial charge in [0.15, 0.2) is 0 Å². The fourth-order valence-corrected chi connectivity index (χ4v) is 5.37. The zero-order valence-corrected chi connectivity index (χ0v) is 23.9. The van der Waals surface area contributed by atoms with Crippen molar-refractivity contribution in [2.75, 3.05) is 17.2 Å². The molecule has 2 aromatic carbocycles. The number of hydrogen-bond acceptors (Lipinski definition) is 9. The van der Waals surface area contributed by atoms with Gasteiger partial charge in [-0.2, -0.15) is 10.5 Å². The Morgan fingerprint density at radius 3 is 2.56 bits per heavy atom. The van der Waals surface area contributed by atoms with Gasteiger partial charge in [-0.3, -0.25) is 14.8 Å². The lowest BCUT2D eigenvalue weighted by molar-refractivity contribution is -0.136. The Morgan fingerprint density at radius 1 is 1.22 bits per heavy atom. The number of aromatic nitrogens is 1. The molecular weight excluding hydrogens is 538 g/mol. The summed E-state index contributed by atoms with van der Waals surface area (Å²) in [6.45, 7) is 6.91. The molecule has 10 nitrogen and oxygen atoms in total. The highest BCUT2D eigenvalue weighted by molar-refractivity contribution is 6.31. The highest BCUT2D eigenvalue weighted by Crippen LogP contribution is 2.40. The number of primary amides is 1. The molecule has 0 spiro atoms. The van der Waals surface area contributed by atoms with Crippen LogP contribution in [0.2, 0.25) is 5.02 Å². The van der Waals surface area contributed by atoms with Gasteiger partial charge in [0.1, 0.15) is 17.7 Å². The molecule has 3 aromatic rings. The first-order valence-electron chi connectivity index (χ1n) is 13.4. The first-order chi connectivity index (χ1) is 19.6. The van der Waals surface area contributed by atoms with Crippen LogP contribution in [0.1, 0.15) is 62.8 Å². The first-order valence-corrected chi connectivity index (χ1v) is 13.8. The maximum Gasteiger partial charge on any atom is 0.244 e. The van der Waals surface area contributed by atoms with Crippen molar-refractivity contribution < 1.29 is 4.79 Å². The van der Waals surface area contributed by atoms with Crippen LogP contribution in [0.3, 0.4) is 0 Å². The molecule has 5 rings (SSSR count). The number of nitrogens with zero attached hydrogens (tertiary/aromatic N) is 4. The van der Waals surface area contributed by atoms with Crippen molar-refractivity contribution in [1.82, 2.24) is 21.0 Å². The Labute approximate surface area is 244 Å². The monoisotopic (exact) mass is 569 g/mol. The molecule has 1 aromatic heterocycles. The van der Waals surface area contributed by atoms with E-state index >= 15 is 0 Å². The molecule has 1 atom stereocenters. The number of nitrogens with one attached hydrogen (secondary N) is 4. The standard InChI is InChI=1S/C30H32ClN9O/c1-29(2,3)17-36-26-19(14-33)15-35-25-18(13-32)11-20(12-22(25)26)37-27(21-7-4-5-8-23(21)31)24-16-40(39-38-24)30(28(34)41)9-6-10-30/h4-5,7-8,11-12,15-16,27,37-39H,6,9-10,17H2,1-3H3,(H2,34,41)(H,35,36)/t27-/m0/s1. The van der Waals surface area contributed by atoms with Crippen LogP contribution in [-0.2, 0) is 4.79 Å². The Hall–Kier alpha value is -4.51. The zero-order chi connectivity index (χ0) is 29.4.